The van der Waals surface area contributed by atoms with E-state index in [1.54, 1.807) is 11.1 Å². The highest BCUT2D eigenvalue weighted by atomic mass is 32.2. The Labute approximate surface area is 305 Å². The van der Waals surface area contributed by atoms with Gasteiger partial charge in [-0.25, -0.2) is 8.42 Å². The maximum Gasteiger partial charge on any atom is 0.422 e. The van der Waals surface area contributed by atoms with E-state index >= 15 is 0 Å². The van der Waals surface area contributed by atoms with Gasteiger partial charge in [-0.05, 0) is 73.4 Å². The van der Waals surface area contributed by atoms with E-state index in [1.807, 2.05) is 39.0 Å². The standard InChI is InChI=1S/C38H43F3N6O5S/c1-5-29(48)47-18-37(19-47)10-12-46(13-11-37)35-26-14-25(24-7-8-24)31(30-21(2)6-9-28-27(30)15-42-45-28)34(51-20-38(39,40)41)32(26)43-36(44-35)52-33-22(3)16-53(49,50)17-23(33)4/h5-6,9,14-15,22-24,33H,1,7-8,10-13,16-20H2,2-4H3,(H,42,45). The van der Waals surface area contributed by atoms with Crippen molar-refractivity contribution in [3.8, 4) is 22.9 Å². The van der Waals surface area contributed by atoms with Gasteiger partial charge in [0.15, 0.2) is 22.2 Å². The number of amides is 1. The van der Waals surface area contributed by atoms with Crippen LogP contribution in [-0.4, -0.2) is 96.0 Å². The molecule has 0 bridgehead atoms. The second-order valence-electron chi connectivity index (χ2n) is 15.7. The second kappa shape index (κ2) is 12.9. The van der Waals surface area contributed by atoms with Gasteiger partial charge in [-0.3, -0.25) is 9.89 Å². The zero-order valence-electron chi connectivity index (χ0n) is 30.0. The van der Waals surface area contributed by atoms with E-state index in [0.717, 1.165) is 53.3 Å². The highest BCUT2D eigenvalue weighted by Gasteiger charge is 2.47. The number of hydrogen-bond donors (Lipinski definition) is 1. The third-order valence-electron chi connectivity index (χ3n) is 11.5. The Hall–Kier alpha value is -4.40. The molecule has 1 spiro atoms. The largest absolute Gasteiger partial charge is 0.481 e. The molecule has 2 aromatic carbocycles. The van der Waals surface area contributed by atoms with Crippen LogP contribution in [-0.2, 0) is 14.6 Å². The quantitative estimate of drug-likeness (QED) is 0.204. The van der Waals surface area contributed by atoms with E-state index in [1.165, 1.54) is 6.08 Å². The number of aromatic nitrogens is 4. The van der Waals surface area contributed by atoms with Crippen LogP contribution in [0.1, 0.15) is 56.6 Å². The molecule has 2 unspecified atom stereocenters. The topological polar surface area (TPSA) is 131 Å². The third-order valence-corrected chi connectivity index (χ3v) is 13.5. The number of rotatable bonds is 8. The number of nitrogens with zero attached hydrogens (tertiary/aromatic N) is 5. The first-order chi connectivity index (χ1) is 25.1. The van der Waals surface area contributed by atoms with Crippen LogP contribution >= 0.6 is 0 Å². The summed E-state index contributed by atoms with van der Waals surface area (Å²) < 4.78 is 79.8. The van der Waals surface area contributed by atoms with Crippen LogP contribution in [0.15, 0.2) is 37.1 Å². The fourth-order valence-electron chi connectivity index (χ4n) is 8.77. The molecule has 282 valence electrons. The Kier molecular flexibility index (Phi) is 8.65. The Bertz CT molecular complexity index is 2200. The van der Waals surface area contributed by atoms with Crippen molar-refractivity contribution < 1.29 is 35.9 Å². The molecule has 4 aliphatic rings. The molecular weight excluding hydrogens is 710 g/mol. The molecule has 3 saturated heterocycles. The third kappa shape index (κ3) is 6.69. The summed E-state index contributed by atoms with van der Waals surface area (Å²) in [5.74, 6) is -0.276. The molecule has 11 nitrogen and oxygen atoms in total. The molecule has 4 fully saturated rings. The highest BCUT2D eigenvalue weighted by Crippen LogP contribution is 2.53. The Morgan fingerprint density at radius 1 is 1.08 bits per heavy atom. The molecular formula is C38H43F3N6O5S. The fraction of sp³-hybridized carbons (Fsp3) is 0.526. The number of anilines is 1. The molecule has 0 radical (unpaired) electrons. The summed E-state index contributed by atoms with van der Waals surface area (Å²) in [7, 11) is -3.27. The van der Waals surface area contributed by atoms with Gasteiger partial charge < -0.3 is 19.3 Å². The molecule has 3 aliphatic heterocycles. The highest BCUT2D eigenvalue weighted by molar-refractivity contribution is 7.91. The van der Waals surface area contributed by atoms with Crippen LogP contribution in [0.5, 0.6) is 11.8 Å². The molecule has 1 saturated carbocycles. The van der Waals surface area contributed by atoms with Gasteiger partial charge >= 0.3 is 12.2 Å². The number of halogens is 3. The summed E-state index contributed by atoms with van der Waals surface area (Å²) in [5.41, 5.74) is 3.91. The lowest BCUT2D eigenvalue weighted by Crippen LogP contribution is -2.61. The zero-order chi connectivity index (χ0) is 37.4. The average Bonchev–Trinajstić information content (AvgIpc) is 3.82. The minimum absolute atomic E-state index is 0.00500. The molecule has 1 aliphatic carbocycles. The van der Waals surface area contributed by atoms with Gasteiger partial charge in [-0.15, -0.1) is 0 Å². The molecule has 1 amide bonds. The van der Waals surface area contributed by atoms with Crippen LogP contribution in [0.4, 0.5) is 19.0 Å². The molecule has 15 heteroatoms. The van der Waals surface area contributed by atoms with Crippen molar-refractivity contribution in [2.75, 3.05) is 49.2 Å². The first-order valence-electron chi connectivity index (χ1n) is 18.2. The van der Waals surface area contributed by atoms with Gasteiger partial charge in [0, 0.05) is 59.8 Å². The smallest absolute Gasteiger partial charge is 0.422 e. The number of aromatic amines is 1. The monoisotopic (exact) mass is 752 g/mol. The first-order valence-corrected chi connectivity index (χ1v) is 20.0. The normalized spacial score (nSPS) is 24.0. The molecule has 2 aromatic heterocycles. The van der Waals surface area contributed by atoms with Crippen molar-refractivity contribution in [2.24, 2.45) is 17.3 Å². The van der Waals surface area contributed by atoms with Gasteiger partial charge in [0.2, 0.25) is 5.91 Å². The van der Waals surface area contributed by atoms with E-state index in [-0.39, 0.29) is 57.9 Å². The summed E-state index contributed by atoms with van der Waals surface area (Å²) >= 11 is 0. The van der Waals surface area contributed by atoms with Crippen LogP contribution in [0.25, 0.3) is 32.9 Å². The van der Waals surface area contributed by atoms with Crippen molar-refractivity contribution >= 4 is 43.4 Å². The SMILES string of the molecule is C=CC(=O)N1CC2(CCN(c3nc(OC4C(C)CS(=O)(=O)CC4C)nc4c(OCC(F)(F)F)c(-c5c(C)ccc6[nH]ncc56)c(C5CC5)cc34)CC2)C1. The maximum absolute atomic E-state index is 14.1. The molecule has 8 rings (SSSR count). The summed E-state index contributed by atoms with van der Waals surface area (Å²) in [6.45, 7) is 10.1. The Balaban J connectivity index is 1.31. The van der Waals surface area contributed by atoms with Crippen LogP contribution < -0.4 is 14.4 Å². The number of carbonyl (C=O) groups excluding carboxylic acids is 1. The van der Waals surface area contributed by atoms with Crippen molar-refractivity contribution in [1.29, 1.82) is 0 Å². The number of sulfone groups is 1. The lowest BCUT2D eigenvalue weighted by Gasteiger charge is -2.54. The number of fused-ring (bicyclic) bond motifs is 2. The Morgan fingerprint density at radius 2 is 1.77 bits per heavy atom. The minimum Gasteiger partial charge on any atom is -0.481 e. The van der Waals surface area contributed by atoms with Crippen LogP contribution in [0.3, 0.4) is 0 Å². The van der Waals surface area contributed by atoms with E-state index < -0.39 is 28.7 Å². The number of nitrogens with one attached hydrogen (secondary N) is 1. The van der Waals surface area contributed by atoms with Gasteiger partial charge in [0.1, 0.15) is 17.4 Å². The van der Waals surface area contributed by atoms with Gasteiger partial charge in [-0.2, -0.15) is 28.2 Å². The number of piperidine rings is 1. The van der Waals surface area contributed by atoms with Gasteiger partial charge in [-0.1, -0.05) is 26.5 Å². The average molecular weight is 753 g/mol. The maximum atomic E-state index is 14.1. The number of likely N-dealkylation sites (tertiary alicyclic amines) is 1. The molecule has 53 heavy (non-hydrogen) atoms. The van der Waals surface area contributed by atoms with Gasteiger partial charge in [0.05, 0.1) is 23.2 Å². The minimum atomic E-state index is -4.63. The van der Waals surface area contributed by atoms with Crippen LogP contribution in [0, 0.1) is 24.2 Å². The molecule has 5 heterocycles. The predicted octanol–water partition coefficient (Wildman–Crippen LogP) is 6.36. The number of ether oxygens (including phenoxy) is 2. The lowest BCUT2D eigenvalue weighted by atomic mass is 9.72. The number of benzene rings is 2. The van der Waals surface area contributed by atoms with Crippen molar-refractivity contribution in [1.82, 2.24) is 25.1 Å². The van der Waals surface area contributed by atoms with Gasteiger partial charge in [0.25, 0.3) is 0 Å². The van der Waals surface area contributed by atoms with Crippen LogP contribution in [0.2, 0.25) is 0 Å². The summed E-state index contributed by atoms with van der Waals surface area (Å²) in [4.78, 5) is 26.0. The summed E-state index contributed by atoms with van der Waals surface area (Å²) in [5, 5.41) is 8.56. The first kappa shape index (κ1) is 35.6. The van der Waals surface area contributed by atoms with Crippen molar-refractivity contribution in [2.45, 2.75) is 64.7 Å². The number of aryl methyl sites for hydroxylation is 1. The Morgan fingerprint density at radius 3 is 2.42 bits per heavy atom. The lowest BCUT2D eigenvalue weighted by molar-refractivity contribution is -0.153. The van der Waals surface area contributed by atoms with E-state index in [9.17, 15) is 26.4 Å². The summed E-state index contributed by atoms with van der Waals surface area (Å²) in [6, 6.07) is 5.79. The predicted molar refractivity (Wildman–Crippen MR) is 195 cm³/mol. The number of carbonyl (C=O) groups is 1. The second-order valence-corrected chi connectivity index (χ2v) is 17.8. The number of alkyl halides is 3. The van der Waals surface area contributed by atoms with E-state index in [0.29, 0.717) is 42.9 Å². The fourth-order valence-corrected chi connectivity index (χ4v) is 10.9. The van der Waals surface area contributed by atoms with E-state index in [4.69, 9.17) is 19.4 Å². The van der Waals surface area contributed by atoms with Crippen molar-refractivity contribution in [3.63, 3.8) is 0 Å². The zero-order valence-corrected chi connectivity index (χ0v) is 30.8. The number of hydrogen-bond acceptors (Lipinski definition) is 9. The molecule has 2 atom stereocenters. The molecule has 4 aromatic rings. The molecule has 1 N–H and O–H groups in total. The van der Waals surface area contributed by atoms with Crippen molar-refractivity contribution in [3.05, 3.63) is 48.2 Å². The number of H-pyrrole nitrogens is 1. The van der Waals surface area contributed by atoms with E-state index in [2.05, 4.69) is 21.7 Å². The summed E-state index contributed by atoms with van der Waals surface area (Å²) in [6.07, 6.45) is 1.17.